The summed E-state index contributed by atoms with van der Waals surface area (Å²) in [5, 5.41) is 9.25. The maximum absolute atomic E-state index is 12.4. The van der Waals surface area contributed by atoms with E-state index in [9.17, 15) is 50.2 Å². The van der Waals surface area contributed by atoms with Crippen molar-refractivity contribution in [2.45, 2.75) is 48.6 Å². The third-order valence-electron chi connectivity index (χ3n) is 4.03. The van der Waals surface area contributed by atoms with E-state index in [1.54, 1.807) is 0 Å². The second-order valence-corrected chi connectivity index (χ2v) is 9.42. The van der Waals surface area contributed by atoms with Crippen LogP contribution in [0, 0.1) is 0 Å². The lowest BCUT2D eigenvalue weighted by Crippen LogP contribution is -2.55. The first-order chi connectivity index (χ1) is 12.2. The summed E-state index contributed by atoms with van der Waals surface area (Å²) in [5.41, 5.74) is 4.94. The molecule has 1 aliphatic rings. The first kappa shape index (κ1) is 22.9. The number of likely N-dealkylation sites (tertiary alicyclic amines) is 1. The van der Waals surface area contributed by atoms with Gasteiger partial charge in [0.05, 0.1) is 6.42 Å². The first-order valence-corrected chi connectivity index (χ1v) is 10.4. The minimum Gasteiger partial charge on any atom is -0.480 e. The Labute approximate surface area is 154 Å². The van der Waals surface area contributed by atoms with E-state index in [1.165, 1.54) is 0 Å². The van der Waals surface area contributed by atoms with E-state index in [1.807, 2.05) is 0 Å². The smallest absolute Gasteiger partial charge is 0.326 e. The molecule has 0 aromatic carbocycles. The van der Waals surface area contributed by atoms with Gasteiger partial charge < -0.3 is 10.8 Å². The van der Waals surface area contributed by atoms with Crippen LogP contribution in [-0.4, -0.2) is 69.8 Å². The van der Waals surface area contributed by atoms with Gasteiger partial charge in [0.15, 0.2) is 0 Å². The second-order valence-electron chi connectivity index (χ2n) is 5.87. The maximum atomic E-state index is 12.4. The van der Waals surface area contributed by atoms with Crippen molar-refractivity contribution >= 4 is 43.9 Å². The highest BCUT2D eigenvalue weighted by molar-refractivity contribution is 8.06. The molecule has 0 saturated carbocycles. The largest absolute Gasteiger partial charge is 0.480 e. The Balaban J connectivity index is 3.16. The predicted molar refractivity (Wildman–Crippen MR) is 86.0 cm³/mol. The summed E-state index contributed by atoms with van der Waals surface area (Å²) in [6, 6.07) is -1.93. The quantitative estimate of drug-likeness (QED) is 0.170. The topological polar surface area (TPSA) is 227 Å². The van der Waals surface area contributed by atoms with Gasteiger partial charge in [-0.05, 0) is 12.8 Å². The molecule has 13 nitrogen and oxygen atoms in total. The molecule has 5 N–H and O–H groups in total. The third-order valence-corrected chi connectivity index (χ3v) is 7.60. The highest BCUT2D eigenvalue weighted by Crippen LogP contribution is 2.38. The van der Waals surface area contributed by atoms with Crippen molar-refractivity contribution in [3.8, 4) is 0 Å². The monoisotopic (exact) mass is 430 g/mol. The Morgan fingerprint density at radius 2 is 1.59 bits per heavy atom. The van der Waals surface area contributed by atoms with Gasteiger partial charge in [-0.15, -0.1) is 0 Å². The Morgan fingerprint density at radius 3 is 1.96 bits per heavy atom. The summed E-state index contributed by atoms with van der Waals surface area (Å²) in [6.45, 7) is 0. The van der Waals surface area contributed by atoms with Crippen LogP contribution in [0.1, 0.15) is 38.5 Å². The van der Waals surface area contributed by atoms with Crippen LogP contribution in [0.4, 0.5) is 0 Å². The third kappa shape index (κ3) is 4.42. The van der Waals surface area contributed by atoms with Gasteiger partial charge in [-0.2, -0.15) is 16.8 Å². The van der Waals surface area contributed by atoms with E-state index in [-0.39, 0.29) is 30.6 Å². The number of nitrogens with two attached hydrogens (primary N) is 1. The molecule has 1 heterocycles. The number of carboxylic acids is 1. The van der Waals surface area contributed by atoms with Crippen molar-refractivity contribution in [3.05, 3.63) is 0 Å². The Morgan fingerprint density at radius 1 is 1.07 bits per heavy atom. The number of rotatable bonds is 10. The van der Waals surface area contributed by atoms with Crippen LogP contribution in [0.5, 0.6) is 0 Å². The van der Waals surface area contributed by atoms with Crippen LogP contribution in [0.3, 0.4) is 0 Å². The molecule has 1 atom stereocenters. The fourth-order valence-electron chi connectivity index (χ4n) is 2.68. The summed E-state index contributed by atoms with van der Waals surface area (Å²) in [7, 11) is -11.7. The number of primary amides is 1. The number of imide groups is 1. The predicted octanol–water partition coefficient (Wildman–Crippen LogP) is -1.89. The maximum Gasteiger partial charge on any atom is 0.326 e. The van der Waals surface area contributed by atoms with Crippen molar-refractivity contribution in [2.75, 3.05) is 0 Å². The number of carboxylic acid groups (broad SMARTS) is 1. The van der Waals surface area contributed by atoms with Crippen molar-refractivity contribution in [2.24, 2.45) is 5.73 Å². The van der Waals surface area contributed by atoms with E-state index in [2.05, 4.69) is 0 Å². The molecular weight excluding hydrogens is 412 g/mol. The highest BCUT2D eigenvalue weighted by Gasteiger charge is 2.70. The van der Waals surface area contributed by atoms with Crippen LogP contribution in [0.15, 0.2) is 0 Å². The fraction of sp³-hybridized carbons (Fsp3) is 0.667. The van der Waals surface area contributed by atoms with Gasteiger partial charge in [0.25, 0.3) is 26.1 Å². The molecule has 0 aliphatic carbocycles. The molecule has 27 heavy (non-hydrogen) atoms. The molecule has 15 heteroatoms. The van der Waals surface area contributed by atoms with E-state index in [0.29, 0.717) is 6.42 Å². The second kappa shape index (κ2) is 7.87. The standard InChI is InChI=1S/C12H18N2O11S2/c13-8(15)5-3-1-2-4-7(10(17)18)14-9(16)6-12(11(14)19,26(20,21)22)27(23,24)25/h7H,1-6H2,(H2,13,15)(H,17,18)(H,20,21,22)(H,23,24,25). The zero-order chi connectivity index (χ0) is 21.2. The molecule has 0 spiro atoms. The van der Waals surface area contributed by atoms with E-state index in [0.717, 1.165) is 0 Å². The molecule has 0 radical (unpaired) electrons. The van der Waals surface area contributed by atoms with Crippen molar-refractivity contribution in [1.82, 2.24) is 4.90 Å². The minimum absolute atomic E-state index is 0.0218. The Kier molecular flexibility index (Phi) is 6.69. The molecular formula is C12H18N2O11S2. The fourth-order valence-corrected chi connectivity index (χ4v) is 5.00. The molecule has 0 aromatic rings. The van der Waals surface area contributed by atoms with Gasteiger partial charge in [-0.25, -0.2) is 4.79 Å². The molecule has 3 amide bonds. The van der Waals surface area contributed by atoms with E-state index >= 15 is 0 Å². The number of carbonyl (C=O) groups excluding carboxylic acids is 3. The molecule has 1 fully saturated rings. The molecule has 0 aromatic heterocycles. The molecule has 1 rings (SSSR count). The van der Waals surface area contributed by atoms with Crippen molar-refractivity contribution in [3.63, 3.8) is 0 Å². The van der Waals surface area contributed by atoms with Gasteiger partial charge in [0.1, 0.15) is 6.04 Å². The van der Waals surface area contributed by atoms with Gasteiger partial charge in [-0.1, -0.05) is 12.8 Å². The van der Waals surface area contributed by atoms with E-state index < -0.39 is 60.5 Å². The molecule has 154 valence electrons. The van der Waals surface area contributed by atoms with Crippen molar-refractivity contribution < 1.29 is 50.2 Å². The van der Waals surface area contributed by atoms with Gasteiger partial charge in [0, 0.05) is 6.42 Å². The van der Waals surface area contributed by atoms with Crippen LogP contribution >= 0.6 is 0 Å². The number of nitrogens with zero attached hydrogens (tertiary/aromatic N) is 1. The molecule has 0 bridgehead atoms. The average molecular weight is 430 g/mol. The first-order valence-electron chi connectivity index (χ1n) is 7.48. The van der Waals surface area contributed by atoms with Crippen LogP contribution in [0.25, 0.3) is 0 Å². The van der Waals surface area contributed by atoms with Gasteiger partial charge in [-0.3, -0.25) is 28.4 Å². The molecule has 1 saturated heterocycles. The summed E-state index contributed by atoms with van der Waals surface area (Å²) in [6.07, 6.45) is -1.36. The van der Waals surface area contributed by atoms with Crippen LogP contribution < -0.4 is 5.73 Å². The lowest BCUT2D eigenvalue weighted by molar-refractivity contribution is -0.154. The summed E-state index contributed by atoms with van der Waals surface area (Å²) < 4.78 is 60.4. The summed E-state index contributed by atoms with van der Waals surface area (Å²) in [5.74, 6) is -5.88. The summed E-state index contributed by atoms with van der Waals surface area (Å²) >= 11 is 0. The van der Waals surface area contributed by atoms with Crippen LogP contribution in [0.2, 0.25) is 0 Å². The van der Waals surface area contributed by atoms with Crippen LogP contribution in [-0.2, 0) is 39.4 Å². The number of hydrogen-bond acceptors (Lipinski definition) is 8. The number of carbonyl (C=O) groups is 4. The number of unbranched alkanes of at least 4 members (excludes halogenated alkanes) is 2. The molecule has 1 unspecified atom stereocenters. The Bertz CT molecular complexity index is 830. The molecule has 1 aliphatic heterocycles. The van der Waals surface area contributed by atoms with E-state index in [4.69, 9.17) is 5.73 Å². The average Bonchev–Trinajstić information content (AvgIpc) is 2.74. The lowest BCUT2D eigenvalue weighted by Gasteiger charge is -2.25. The zero-order valence-corrected chi connectivity index (χ0v) is 15.4. The number of aliphatic carboxylic acids is 1. The van der Waals surface area contributed by atoms with Gasteiger partial charge in [0.2, 0.25) is 11.8 Å². The van der Waals surface area contributed by atoms with Gasteiger partial charge >= 0.3 is 10.0 Å². The minimum atomic E-state index is -5.83. The Hall–Kier alpha value is -2.10. The normalized spacial score (nSPS) is 18.5. The lowest BCUT2D eigenvalue weighted by atomic mass is 10.1. The highest BCUT2D eigenvalue weighted by atomic mass is 32.3. The van der Waals surface area contributed by atoms with Crippen molar-refractivity contribution in [1.29, 1.82) is 0 Å². The summed E-state index contributed by atoms with van der Waals surface area (Å²) in [4.78, 5) is 46.3. The number of hydrogen-bond donors (Lipinski definition) is 4. The number of amides is 3. The zero-order valence-electron chi connectivity index (χ0n) is 13.8. The SMILES string of the molecule is NC(=O)CCCCCC(C(=O)O)N1C(=O)CC(S(=O)(=O)O)(S(=O)(=O)O)C1=O.